The van der Waals surface area contributed by atoms with Crippen molar-refractivity contribution in [2.45, 2.75) is 24.7 Å². The van der Waals surface area contributed by atoms with Gasteiger partial charge in [-0.15, -0.1) is 10.2 Å². The highest BCUT2D eigenvalue weighted by molar-refractivity contribution is 7.93. The first kappa shape index (κ1) is 20.4. The van der Waals surface area contributed by atoms with Gasteiger partial charge in [-0.05, 0) is 55.7 Å². The molecule has 11 heteroatoms. The maximum Gasteiger partial charge on any atom is 0.264 e. The first-order valence-electron chi connectivity index (χ1n) is 8.98. The number of aryl methyl sites for hydroxylation is 2. The number of carbonyl (C=O) groups is 1. The van der Waals surface area contributed by atoms with E-state index in [1.165, 1.54) is 29.2 Å². The zero-order valence-electron chi connectivity index (χ0n) is 15.7. The minimum atomic E-state index is -3.90. The summed E-state index contributed by atoms with van der Waals surface area (Å²) in [6, 6.07) is 7.52. The van der Waals surface area contributed by atoms with Gasteiger partial charge in [0.05, 0.1) is 4.90 Å². The Morgan fingerprint density at radius 1 is 1.17 bits per heavy atom. The van der Waals surface area contributed by atoms with Crippen LogP contribution >= 0.6 is 11.3 Å². The second-order valence-electron chi connectivity index (χ2n) is 6.68. The highest BCUT2D eigenvalue weighted by atomic mass is 32.2. The average molecular weight is 450 g/mol. The Kier molecular flexibility index (Phi) is 5.24. The van der Waals surface area contributed by atoms with Crippen molar-refractivity contribution in [2.24, 2.45) is 0 Å². The number of nitrogens with one attached hydrogen (secondary N) is 1. The molecule has 3 aromatic rings. The van der Waals surface area contributed by atoms with Crippen LogP contribution in [0.5, 0.6) is 0 Å². The van der Waals surface area contributed by atoms with Gasteiger partial charge in [-0.25, -0.2) is 17.2 Å². The Labute approximate surface area is 175 Å². The van der Waals surface area contributed by atoms with E-state index in [-0.39, 0.29) is 16.6 Å². The van der Waals surface area contributed by atoms with Gasteiger partial charge < -0.3 is 4.90 Å². The summed E-state index contributed by atoms with van der Waals surface area (Å²) in [6.07, 6.45) is 1.06. The quantitative estimate of drug-likeness (QED) is 0.657. The Hall–Kier alpha value is -2.92. The molecule has 1 aliphatic heterocycles. The second kappa shape index (κ2) is 7.73. The number of sulfonamides is 1. The van der Waals surface area contributed by atoms with Gasteiger partial charge in [-0.3, -0.25) is 9.52 Å². The molecule has 1 aliphatic rings. The van der Waals surface area contributed by atoms with Gasteiger partial charge in [0.25, 0.3) is 15.9 Å². The highest BCUT2D eigenvalue weighted by Gasteiger charge is 2.29. The molecular formula is C19H16F2N4O3S2. The molecule has 0 saturated heterocycles. The normalized spacial score (nSPS) is 13.8. The lowest BCUT2D eigenvalue weighted by atomic mass is 10.0. The largest absolute Gasteiger partial charge is 0.308 e. The van der Waals surface area contributed by atoms with Gasteiger partial charge >= 0.3 is 0 Å². The Bertz CT molecular complexity index is 1220. The molecule has 0 saturated carbocycles. The van der Waals surface area contributed by atoms with Crippen molar-refractivity contribution in [1.29, 1.82) is 0 Å². The monoisotopic (exact) mass is 450 g/mol. The van der Waals surface area contributed by atoms with E-state index in [0.29, 0.717) is 29.1 Å². The Morgan fingerprint density at radius 2 is 1.90 bits per heavy atom. The fourth-order valence-electron chi connectivity index (χ4n) is 3.30. The number of hydrogen-bond acceptors (Lipinski definition) is 6. The van der Waals surface area contributed by atoms with Crippen molar-refractivity contribution < 1.29 is 22.0 Å². The standard InChI is InChI=1S/C19H16F2N4O3S2/c1-11-22-23-19(29-11)24-30(27,28)13-7-8-16-12(10-13)4-3-9-25(16)18(26)17-14(20)5-2-6-15(17)21/h2,5-8,10H,3-4,9H2,1H3,(H,23,24). The predicted octanol–water partition coefficient (Wildman–Crippen LogP) is 3.52. The summed E-state index contributed by atoms with van der Waals surface area (Å²) in [6.45, 7) is 1.98. The molecule has 1 N–H and O–H groups in total. The summed E-state index contributed by atoms with van der Waals surface area (Å²) in [5.41, 5.74) is 0.401. The number of carbonyl (C=O) groups excluding carboxylic acids is 1. The lowest BCUT2D eigenvalue weighted by Crippen LogP contribution is -2.36. The molecule has 0 radical (unpaired) electrons. The molecule has 0 fully saturated rings. The summed E-state index contributed by atoms with van der Waals surface area (Å²) in [7, 11) is -3.90. The lowest BCUT2D eigenvalue weighted by Gasteiger charge is -2.30. The van der Waals surface area contributed by atoms with Crippen molar-refractivity contribution >= 4 is 38.1 Å². The number of halogens is 2. The molecule has 156 valence electrons. The van der Waals surface area contributed by atoms with E-state index < -0.39 is 33.1 Å². The van der Waals surface area contributed by atoms with Crippen LogP contribution in [0.1, 0.15) is 27.3 Å². The SMILES string of the molecule is Cc1nnc(NS(=O)(=O)c2ccc3c(c2)CCCN3C(=O)c2c(F)cccc2F)s1. The van der Waals surface area contributed by atoms with Crippen molar-refractivity contribution in [1.82, 2.24) is 10.2 Å². The number of nitrogens with zero attached hydrogens (tertiary/aromatic N) is 3. The van der Waals surface area contributed by atoms with Gasteiger partial charge in [-0.1, -0.05) is 17.4 Å². The van der Waals surface area contributed by atoms with Crippen LogP contribution in [0, 0.1) is 18.6 Å². The molecule has 0 atom stereocenters. The number of anilines is 2. The number of hydrogen-bond donors (Lipinski definition) is 1. The van der Waals surface area contributed by atoms with Crippen molar-refractivity contribution in [3.63, 3.8) is 0 Å². The summed E-state index contributed by atoms with van der Waals surface area (Å²) in [5.74, 6) is -2.68. The third-order valence-corrected chi connectivity index (χ3v) is 6.87. The van der Waals surface area contributed by atoms with E-state index in [1.54, 1.807) is 6.92 Å². The summed E-state index contributed by atoms with van der Waals surface area (Å²) < 4.78 is 55.9. The van der Waals surface area contributed by atoms with Gasteiger partial charge in [-0.2, -0.15) is 0 Å². The van der Waals surface area contributed by atoms with E-state index in [9.17, 15) is 22.0 Å². The minimum Gasteiger partial charge on any atom is -0.308 e. The van der Waals surface area contributed by atoms with Crippen LogP contribution in [0.2, 0.25) is 0 Å². The number of benzene rings is 2. The van der Waals surface area contributed by atoms with E-state index in [4.69, 9.17) is 0 Å². The minimum absolute atomic E-state index is 0.000439. The maximum absolute atomic E-state index is 14.1. The molecule has 0 aliphatic carbocycles. The maximum atomic E-state index is 14.1. The zero-order chi connectivity index (χ0) is 21.5. The molecule has 2 aromatic carbocycles. The van der Waals surface area contributed by atoms with Crippen LogP contribution in [-0.4, -0.2) is 31.1 Å². The van der Waals surface area contributed by atoms with Crippen LogP contribution in [0.15, 0.2) is 41.3 Å². The van der Waals surface area contributed by atoms with Crippen LogP contribution < -0.4 is 9.62 Å². The molecule has 4 rings (SSSR count). The fraction of sp³-hybridized carbons (Fsp3) is 0.211. The highest BCUT2D eigenvalue weighted by Crippen LogP contribution is 2.32. The second-order valence-corrected chi connectivity index (χ2v) is 9.54. The number of aromatic nitrogens is 2. The number of fused-ring (bicyclic) bond motifs is 1. The summed E-state index contributed by atoms with van der Waals surface area (Å²) >= 11 is 1.11. The number of amides is 1. The molecule has 30 heavy (non-hydrogen) atoms. The van der Waals surface area contributed by atoms with Gasteiger partial charge in [0.1, 0.15) is 22.2 Å². The first-order chi connectivity index (χ1) is 14.3. The predicted molar refractivity (Wildman–Crippen MR) is 108 cm³/mol. The number of rotatable bonds is 4. The van der Waals surface area contributed by atoms with E-state index in [2.05, 4.69) is 14.9 Å². The van der Waals surface area contributed by atoms with Crippen molar-refractivity contribution in [3.05, 3.63) is 64.2 Å². The van der Waals surface area contributed by atoms with Crippen molar-refractivity contribution in [2.75, 3.05) is 16.2 Å². The summed E-state index contributed by atoms with van der Waals surface area (Å²) in [5, 5.41) is 8.30. The molecule has 1 amide bonds. The molecular weight excluding hydrogens is 434 g/mol. The van der Waals surface area contributed by atoms with Gasteiger partial charge in [0, 0.05) is 12.2 Å². The third kappa shape index (κ3) is 3.77. The van der Waals surface area contributed by atoms with Gasteiger partial charge in [0.2, 0.25) is 5.13 Å². The van der Waals surface area contributed by atoms with Crippen LogP contribution in [0.25, 0.3) is 0 Å². The molecule has 0 unspecified atom stereocenters. The smallest absolute Gasteiger partial charge is 0.264 e. The first-order valence-corrected chi connectivity index (χ1v) is 11.3. The van der Waals surface area contributed by atoms with Crippen molar-refractivity contribution in [3.8, 4) is 0 Å². The molecule has 0 spiro atoms. The Balaban J connectivity index is 1.67. The molecule has 0 bridgehead atoms. The van der Waals surface area contributed by atoms with Crippen LogP contribution in [-0.2, 0) is 16.4 Å². The van der Waals surface area contributed by atoms with E-state index >= 15 is 0 Å². The average Bonchev–Trinajstić information content (AvgIpc) is 3.10. The van der Waals surface area contributed by atoms with Gasteiger partial charge in [0.15, 0.2) is 0 Å². The van der Waals surface area contributed by atoms with E-state index in [1.807, 2.05) is 0 Å². The van der Waals surface area contributed by atoms with Crippen LogP contribution in [0.3, 0.4) is 0 Å². The Morgan fingerprint density at radius 3 is 2.57 bits per heavy atom. The molecule has 1 aromatic heterocycles. The molecule has 2 heterocycles. The topological polar surface area (TPSA) is 92.3 Å². The van der Waals surface area contributed by atoms with Crippen LogP contribution in [0.4, 0.5) is 19.6 Å². The lowest BCUT2D eigenvalue weighted by molar-refractivity contribution is 0.0977. The van der Waals surface area contributed by atoms with E-state index in [0.717, 1.165) is 23.5 Å². The summed E-state index contributed by atoms with van der Waals surface area (Å²) in [4.78, 5) is 14.1. The fourth-order valence-corrected chi connectivity index (χ4v) is 5.17. The zero-order valence-corrected chi connectivity index (χ0v) is 17.4. The third-order valence-electron chi connectivity index (χ3n) is 4.65. The molecule has 7 nitrogen and oxygen atoms in total.